The minimum atomic E-state index is -1.40. The fourth-order valence-electron chi connectivity index (χ4n) is 4.63. The van der Waals surface area contributed by atoms with E-state index in [9.17, 15) is 14.0 Å². The summed E-state index contributed by atoms with van der Waals surface area (Å²) in [4.78, 5) is 29.5. The van der Waals surface area contributed by atoms with Crippen molar-refractivity contribution in [2.24, 2.45) is 5.73 Å². The molecule has 1 aliphatic rings. The Labute approximate surface area is 206 Å². The number of ether oxygens (including phenoxy) is 1. The third-order valence-electron chi connectivity index (χ3n) is 6.68. The predicted molar refractivity (Wildman–Crippen MR) is 126 cm³/mol. The third kappa shape index (κ3) is 4.94. The average molecular weight is 503 g/mol. The number of furan rings is 1. The van der Waals surface area contributed by atoms with E-state index in [2.05, 4.69) is 20.1 Å². The molecule has 4 heterocycles. The molecule has 2 unspecified atom stereocenters. The Morgan fingerprint density at radius 2 is 2.17 bits per heavy atom. The van der Waals surface area contributed by atoms with Crippen LogP contribution in [0, 0.1) is 5.95 Å². The Balaban J connectivity index is 1.55. The maximum absolute atomic E-state index is 16.0. The number of carbonyl (C=O) groups is 2. The van der Waals surface area contributed by atoms with E-state index in [1.807, 2.05) is 11.8 Å². The summed E-state index contributed by atoms with van der Waals surface area (Å²) < 4.78 is 41.7. The Bertz CT molecular complexity index is 1230. The quantitative estimate of drug-likeness (QED) is 0.472. The topological polar surface area (TPSA) is 129 Å². The van der Waals surface area contributed by atoms with E-state index >= 15 is 4.39 Å². The van der Waals surface area contributed by atoms with E-state index in [1.54, 1.807) is 18.2 Å². The molecule has 2 atom stereocenters. The molecule has 1 fully saturated rings. The van der Waals surface area contributed by atoms with Crippen LogP contribution in [0.25, 0.3) is 11.3 Å². The fraction of sp³-hybridized carbons (Fsp3) is 0.417. The monoisotopic (exact) mass is 502 g/mol. The zero-order valence-corrected chi connectivity index (χ0v) is 20.0. The highest BCUT2D eigenvalue weighted by molar-refractivity contribution is 6.00. The van der Waals surface area contributed by atoms with E-state index in [4.69, 9.17) is 10.2 Å². The number of amides is 2. The van der Waals surface area contributed by atoms with Crippen molar-refractivity contribution in [3.05, 3.63) is 54.0 Å². The molecule has 10 nitrogen and oxygen atoms in total. The van der Waals surface area contributed by atoms with Gasteiger partial charge in [0.25, 0.3) is 5.91 Å². The minimum Gasteiger partial charge on any atom is -0.472 e. The summed E-state index contributed by atoms with van der Waals surface area (Å²) in [5.74, 6) is -1.53. The molecule has 4 rings (SSSR count). The van der Waals surface area contributed by atoms with Crippen molar-refractivity contribution in [2.75, 3.05) is 25.5 Å². The van der Waals surface area contributed by atoms with Gasteiger partial charge in [0.05, 0.1) is 30.9 Å². The van der Waals surface area contributed by atoms with Gasteiger partial charge in [0.2, 0.25) is 5.95 Å². The number of aromatic nitrogens is 3. The van der Waals surface area contributed by atoms with Crippen LogP contribution in [0.4, 0.5) is 19.4 Å². The van der Waals surface area contributed by atoms with Gasteiger partial charge in [-0.05, 0) is 37.9 Å². The molecule has 0 aromatic carbocycles. The van der Waals surface area contributed by atoms with Crippen molar-refractivity contribution < 1.29 is 27.5 Å². The number of rotatable bonds is 7. The highest BCUT2D eigenvalue weighted by Crippen LogP contribution is 2.37. The number of pyridine rings is 1. The molecule has 0 aliphatic carbocycles. The SMILES string of the molecule is CCC1(n2cc(C(N)=O)c(NC(=O)OC)n2)CCCN(Cc2ccc(-c3ccoc3)nc2F)CC1F. The van der Waals surface area contributed by atoms with Gasteiger partial charge in [-0.25, -0.2) is 14.2 Å². The third-order valence-corrected chi connectivity index (χ3v) is 6.68. The number of alkyl halides is 1. The smallest absolute Gasteiger partial charge is 0.412 e. The molecule has 0 bridgehead atoms. The highest BCUT2D eigenvalue weighted by Gasteiger charge is 2.43. The van der Waals surface area contributed by atoms with Crippen LogP contribution >= 0.6 is 0 Å². The summed E-state index contributed by atoms with van der Waals surface area (Å²) in [6, 6.07) is 5.04. The Hall–Kier alpha value is -3.80. The van der Waals surface area contributed by atoms with Crippen LogP contribution in [0.2, 0.25) is 0 Å². The molecule has 3 aromatic rings. The van der Waals surface area contributed by atoms with E-state index in [0.717, 1.165) is 0 Å². The van der Waals surface area contributed by atoms with Gasteiger partial charge in [0.1, 0.15) is 11.7 Å². The number of anilines is 1. The van der Waals surface area contributed by atoms with Crippen molar-refractivity contribution in [3.63, 3.8) is 0 Å². The van der Waals surface area contributed by atoms with Crippen LogP contribution in [0.3, 0.4) is 0 Å². The van der Waals surface area contributed by atoms with Gasteiger partial charge in [-0.1, -0.05) is 13.0 Å². The van der Waals surface area contributed by atoms with E-state index in [-0.39, 0.29) is 24.5 Å². The number of halogens is 2. The summed E-state index contributed by atoms with van der Waals surface area (Å²) in [5.41, 5.74) is 5.80. The number of likely N-dealkylation sites (tertiary alicyclic amines) is 1. The first-order valence-electron chi connectivity index (χ1n) is 11.6. The molecule has 192 valence electrons. The average Bonchev–Trinajstić information content (AvgIpc) is 3.50. The van der Waals surface area contributed by atoms with E-state index in [0.29, 0.717) is 42.6 Å². The number of hydrogen-bond acceptors (Lipinski definition) is 7. The number of methoxy groups -OCH3 is 1. The lowest BCUT2D eigenvalue weighted by molar-refractivity contribution is 0.0732. The highest BCUT2D eigenvalue weighted by atomic mass is 19.1. The van der Waals surface area contributed by atoms with Crippen molar-refractivity contribution in [3.8, 4) is 11.3 Å². The molecule has 1 saturated heterocycles. The van der Waals surface area contributed by atoms with Gasteiger partial charge in [0, 0.05) is 30.4 Å². The molecular formula is C24H28F2N6O4. The first kappa shape index (κ1) is 25.3. The van der Waals surface area contributed by atoms with Crippen LogP contribution in [-0.2, 0) is 16.8 Å². The standard InChI is InChI=1S/C24H28F2N6O4/c1-3-24(32-12-17(21(27)33)22(30-32)29-23(34)35-2)8-4-9-31(13-19(24)25)11-15-5-6-18(28-20(15)26)16-7-10-36-14-16/h5-7,10,12,14,19H,3-4,8-9,11,13H2,1-2H3,(H2,27,33)(H,29,30,34). The lowest BCUT2D eigenvalue weighted by Gasteiger charge is -2.35. The Morgan fingerprint density at radius 3 is 2.81 bits per heavy atom. The largest absolute Gasteiger partial charge is 0.472 e. The number of nitrogens with zero attached hydrogens (tertiary/aromatic N) is 4. The Morgan fingerprint density at radius 1 is 1.36 bits per heavy atom. The first-order valence-corrected chi connectivity index (χ1v) is 11.6. The number of nitrogens with two attached hydrogens (primary N) is 1. The molecular weight excluding hydrogens is 474 g/mol. The van der Waals surface area contributed by atoms with Crippen LogP contribution < -0.4 is 11.1 Å². The van der Waals surface area contributed by atoms with Crippen LogP contribution in [-0.4, -0.2) is 58.0 Å². The summed E-state index contributed by atoms with van der Waals surface area (Å²) in [7, 11) is 1.17. The number of hydrogen-bond donors (Lipinski definition) is 2. The lowest BCUT2D eigenvalue weighted by Crippen LogP contribution is -2.46. The molecule has 36 heavy (non-hydrogen) atoms. The fourth-order valence-corrected chi connectivity index (χ4v) is 4.63. The Kier molecular flexibility index (Phi) is 7.34. The van der Waals surface area contributed by atoms with Crippen molar-refractivity contribution in [1.29, 1.82) is 0 Å². The minimum absolute atomic E-state index is 0.0162. The molecule has 0 radical (unpaired) electrons. The molecule has 2 amide bonds. The zero-order chi connectivity index (χ0) is 25.9. The van der Waals surface area contributed by atoms with Gasteiger partial charge in [-0.2, -0.15) is 9.49 Å². The molecule has 0 saturated carbocycles. The van der Waals surface area contributed by atoms with Crippen molar-refractivity contribution in [1.82, 2.24) is 19.7 Å². The summed E-state index contributed by atoms with van der Waals surface area (Å²) in [6.07, 6.45) is 3.48. The summed E-state index contributed by atoms with van der Waals surface area (Å²) in [6.45, 7) is 2.57. The molecule has 3 aromatic heterocycles. The van der Waals surface area contributed by atoms with E-state index in [1.165, 1.54) is 30.5 Å². The van der Waals surface area contributed by atoms with Crippen LogP contribution in [0.1, 0.15) is 42.1 Å². The molecule has 1 aliphatic heterocycles. The van der Waals surface area contributed by atoms with Gasteiger partial charge >= 0.3 is 6.09 Å². The van der Waals surface area contributed by atoms with Crippen molar-refractivity contribution >= 4 is 17.8 Å². The van der Waals surface area contributed by atoms with Crippen LogP contribution in [0.5, 0.6) is 0 Å². The van der Waals surface area contributed by atoms with Gasteiger partial charge < -0.3 is 14.9 Å². The second kappa shape index (κ2) is 10.4. The second-order valence-corrected chi connectivity index (χ2v) is 8.74. The number of primary amides is 1. The normalized spacial score (nSPS) is 20.6. The van der Waals surface area contributed by atoms with Gasteiger partial charge in [0.15, 0.2) is 5.82 Å². The second-order valence-electron chi connectivity index (χ2n) is 8.74. The maximum atomic E-state index is 16.0. The molecule has 12 heteroatoms. The molecule has 3 N–H and O–H groups in total. The van der Waals surface area contributed by atoms with Crippen LogP contribution in [0.15, 0.2) is 41.3 Å². The van der Waals surface area contributed by atoms with E-state index < -0.39 is 29.7 Å². The summed E-state index contributed by atoms with van der Waals surface area (Å²) in [5, 5.41) is 6.66. The first-order chi connectivity index (χ1) is 17.3. The lowest BCUT2D eigenvalue weighted by atomic mass is 9.86. The maximum Gasteiger partial charge on any atom is 0.412 e. The van der Waals surface area contributed by atoms with Gasteiger partial charge in [-0.15, -0.1) is 0 Å². The van der Waals surface area contributed by atoms with Crippen molar-refractivity contribution in [2.45, 2.75) is 44.4 Å². The molecule has 0 spiro atoms. The predicted octanol–water partition coefficient (Wildman–Crippen LogP) is 3.69. The zero-order valence-electron chi connectivity index (χ0n) is 20.0. The number of nitrogens with one attached hydrogen (secondary N) is 1. The van der Waals surface area contributed by atoms with Gasteiger partial charge in [-0.3, -0.25) is 19.7 Å². The summed E-state index contributed by atoms with van der Waals surface area (Å²) >= 11 is 0. The number of carbonyl (C=O) groups excluding carboxylic acids is 2.